The van der Waals surface area contributed by atoms with Crippen LogP contribution in [-0.4, -0.2) is 7.85 Å². The van der Waals surface area contributed by atoms with E-state index in [4.69, 9.17) is 0 Å². The minimum atomic E-state index is 1.34. The van der Waals surface area contributed by atoms with Gasteiger partial charge in [-0.25, -0.2) is 0 Å². The average molecular weight is 132 g/mol. The van der Waals surface area contributed by atoms with Crippen molar-refractivity contribution in [2.24, 2.45) is 0 Å². The van der Waals surface area contributed by atoms with Crippen molar-refractivity contribution in [2.75, 3.05) is 0 Å². The summed E-state index contributed by atoms with van der Waals surface area (Å²) in [5, 5.41) is 0. The van der Waals surface area contributed by atoms with Gasteiger partial charge in [0, 0.05) is 0 Å². The predicted molar refractivity (Wildman–Crippen MR) is 47.5 cm³/mol. The quantitative estimate of drug-likeness (QED) is 0.475. The summed E-state index contributed by atoms with van der Waals surface area (Å²) in [5.74, 6) is 0. The van der Waals surface area contributed by atoms with Gasteiger partial charge in [0.1, 0.15) is 0 Å². The van der Waals surface area contributed by atoms with Gasteiger partial charge in [0.2, 0.25) is 0 Å². The van der Waals surface area contributed by atoms with Crippen LogP contribution in [0.15, 0.2) is 24.3 Å². The van der Waals surface area contributed by atoms with Crippen molar-refractivity contribution in [2.45, 2.75) is 20.7 Å². The lowest BCUT2D eigenvalue weighted by Crippen LogP contribution is -1.71. The Morgan fingerprint density at radius 1 is 1.00 bits per heavy atom. The molecule has 2 radical (unpaired) electrons. The number of hydrogen-bond donors (Lipinski definition) is 0. The highest BCUT2D eigenvalue weighted by atomic mass is 13.9. The average Bonchev–Trinajstić information content (AvgIpc) is 1.91. The minimum Gasteiger partial charge on any atom is -0.0999 e. The van der Waals surface area contributed by atoms with E-state index in [-0.39, 0.29) is 0 Å². The zero-order valence-corrected chi connectivity index (χ0v) is 6.89. The van der Waals surface area contributed by atoms with Gasteiger partial charge >= 0.3 is 0 Å². The Kier molecular flexibility index (Phi) is 4.74. The summed E-state index contributed by atoms with van der Waals surface area (Å²) in [6, 6.07) is 8.45. The smallest absolute Gasteiger partial charge is 0.0606 e. The van der Waals surface area contributed by atoms with E-state index in [2.05, 4.69) is 46.0 Å². The summed E-state index contributed by atoms with van der Waals surface area (Å²) < 4.78 is 0. The molecule has 0 saturated carbocycles. The van der Waals surface area contributed by atoms with Crippen LogP contribution in [-0.2, 0) is 0 Å². The first-order valence-corrected chi connectivity index (χ1v) is 3.40. The first kappa shape index (κ1) is 9.28. The fourth-order valence-electron chi connectivity index (χ4n) is 0.807. The van der Waals surface area contributed by atoms with Crippen LogP contribution in [0.25, 0.3) is 0 Å². The highest BCUT2D eigenvalue weighted by Gasteiger charge is 1.80. The van der Waals surface area contributed by atoms with Crippen LogP contribution in [0, 0.1) is 13.8 Å². The molecule has 1 rings (SSSR count). The topological polar surface area (TPSA) is 0 Å². The lowest BCUT2D eigenvalue weighted by atomic mass is 10.2. The van der Waals surface area contributed by atoms with E-state index < -0.39 is 0 Å². The molecule has 0 bridgehead atoms. The molecule has 0 spiro atoms. The number of rotatable bonds is 0. The monoisotopic (exact) mass is 132 g/mol. The summed E-state index contributed by atoms with van der Waals surface area (Å²) in [4.78, 5) is 0. The zero-order valence-electron chi connectivity index (χ0n) is 6.89. The van der Waals surface area contributed by atoms with Crippen molar-refractivity contribution in [3.8, 4) is 0 Å². The largest absolute Gasteiger partial charge is 0.0999 e. The second kappa shape index (κ2) is 5.10. The first-order valence-electron chi connectivity index (χ1n) is 3.40. The second-order valence-corrected chi connectivity index (χ2v) is 2.16. The molecule has 0 aromatic heterocycles. The minimum absolute atomic E-state index is 1.34. The summed E-state index contributed by atoms with van der Waals surface area (Å²) in [6.45, 7) is 5.71. The van der Waals surface area contributed by atoms with E-state index >= 15 is 0 Å². The van der Waals surface area contributed by atoms with Crippen LogP contribution < -0.4 is 0 Å². The lowest BCUT2D eigenvalue weighted by molar-refractivity contribution is 1.39. The van der Waals surface area contributed by atoms with E-state index in [9.17, 15) is 0 Å². The normalized spacial score (nSPS) is 7.90. The molecular formula is C9H13B. The van der Waals surface area contributed by atoms with Crippen molar-refractivity contribution in [1.29, 1.82) is 0 Å². The van der Waals surface area contributed by atoms with E-state index in [0.717, 1.165) is 0 Å². The Bertz CT molecular complexity index is 165. The second-order valence-electron chi connectivity index (χ2n) is 2.16. The molecule has 0 saturated heterocycles. The van der Waals surface area contributed by atoms with Gasteiger partial charge in [-0.1, -0.05) is 42.2 Å². The highest BCUT2D eigenvalue weighted by Crippen LogP contribution is 2.00. The fourth-order valence-corrected chi connectivity index (χ4v) is 0.807. The van der Waals surface area contributed by atoms with Gasteiger partial charge in [0.25, 0.3) is 0 Å². The third kappa shape index (κ3) is 3.34. The molecule has 0 unspecified atom stereocenters. The van der Waals surface area contributed by atoms with Gasteiger partial charge in [-0.3, -0.25) is 0 Å². The maximum absolute atomic E-state index is 4.50. The van der Waals surface area contributed by atoms with E-state index in [0.29, 0.717) is 0 Å². The maximum atomic E-state index is 4.50. The molecule has 0 nitrogen and oxygen atoms in total. The molecule has 0 atom stereocenters. The van der Waals surface area contributed by atoms with Crippen LogP contribution >= 0.6 is 0 Å². The Balaban J connectivity index is 0.000000371. The molecule has 0 aliphatic carbocycles. The Labute approximate surface area is 64.7 Å². The van der Waals surface area contributed by atoms with Gasteiger partial charge in [-0.15, -0.1) is 0 Å². The lowest BCUT2D eigenvalue weighted by Gasteiger charge is -1.90. The number of benzene rings is 1. The van der Waals surface area contributed by atoms with Crippen LogP contribution in [0.5, 0.6) is 0 Å². The number of aryl methyl sites for hydroxylation is 2. The molecule has 10 heavy (non-hydrogen) atoms. The van der Waals surface area contributed by atoms with Crippen molar-refractivity contribution >= 4 is 7.85 Å². The first-order chi connectivity index (χ1) is 4.79. The predicted octanol–water partition coefficient (Wildman–Crippen LogP) is 2.51. The standard InChI is InChI=1S/C8H10.CH3B/c1-7-4-3-5-8(2)6-7;1-2/h3-6H,1-2H3;1H3. The third-order valence-electron chi connectivity index (χ3n) is 1.17. The molecule has 0 aliphatic heterocycles. The third-order valence-corrected chi connectivity index (χ3v) is 1.17. The molecule has 1 aromatic rings. The van der Waals surface area contributed by atoms with Crippen molar-refractivity contribution in [1.82, 2.24) is 0 Å². The Hall–Kier alpha value is -0.715. The van der Waals surface area contributed by atoms with Gasteiger partial charge in [0.05, 0.1) is 7.85 Å². The summed E-state index contributed by atoms with van der Waals surface area (Å²) in [6.07, 6.45) is 0. The van der Waals surface area contributed by atoms with Crippen LogP contribution in [0.1, 0.15) is 11.1 Å². The molecule has 1 heteroatoms. The van der Waals surface area contributed by atoms with Crippen molar-refractivity contribution in [3.05, 3.63) is 35.4 Å². The molecule has 0 amide bonds. The fraction of sp³-hybridized carbons (Fsp3) is 0.333. The van der Waals surface area contributed by atoms with E-state index in [1.807, 2.05) is 0 Å². The van der Waals surface area contributed by atoms with Crippen LogP contribution in [0.3, 0.4) is 0 Å². The molecule has 1 aromatic carbocycles. The SMILES string of the molecule is Cc1cccc(C)c1.[B]C. The van der Waals surface area contributed by atoms with Gasteiger partial charge in [-0.2, -0.15) is 0 Å². The van der Waals surface area contributed by atoms with Gasteiger partial charge in [0.15, 0.2) is 0 Å². The molecule has 52 valence electrons. The zero-order chi connectivity index (χ0) is 7.98. The van der Waals surface area contributed by atoms with Crippen molar-refractivity contribution in [3.63, 3.8) is 0 Å². The molecule has 0 heterocycles. The van der Waals surface area contributed by atoms with Crippen LogP contribution in [0.2, 0.25) is 6.82 Å². The molecule has 0 fully saturated rings. The molecule has 0 aliphatic rings. The number of hydrogen-bond acceptors (Lipinski definition) is 0. The van der Waals surface area contributed by atoms with E-state index in [1.54, 1.807) is 0 Å². The van der Waals surface area contributed by atoms with Crippen LogP contribution in [0.4, 0.5) is 0 Å². The molecular weight excluding hydrogens is 119 g/mol. The Morgan fingerprint density at radius 2 is 1.40 bits per heavy atom. The van der Waals surface area contributed by atoms with Gasteiger partial charge < -0.3 is 0 Å². The summed E-state index contributed by atoms with van der Waals surface area (Å²) in [7, 11) is 4.50. The highest BCUT2D eigenvalue weighted by molar-refractivity contribution is 6.05. The van der Waals surface area contributed by atoms with E-state index in [1.165, 1.54) is 17.9 Å². The summed E-state index contributed by atoms with van der Waals surface area (Å²) >= 11 is 0. The Morgan fingerprint density at radius 3 is 1.60 bits per heavy atom. The molecule has 0 N–H and O–H groups in total. The maximum Gasteiger partial charge on any atom is 0.0606 e. The van der Waals surface area contributed by atoms with Crippen molar-refractivity contribution < 1.29 is 0 Å². The van der Waals surface area contributed by atoms with Gasteiger partial charge in [-0.05, 0) is 13.8 Å². The summed E-state index contributed by atoms with van der Waals surface area (Å²) in [5.41, 5.74) is 2.68.